The number of hydrogen-bond donors (Lipinski definition) is 1. The first kappa shape index (κ1) is 14.2. The Morgan fingerprint density at radius 2 is 1.71 bits per heavy atom. The lowest BCUT2D eigenvalue weighted by Crippen LogP contribution is -2.50. The Hall–Kier alpha value is -0.370. The van der Waals surface area contributed by atoms with Crippen LogP contribution in [0.15, 0.2) is 0 Å². The van der Waals surface area contributed by atoms with Crippen molar-refractivity contribution < 1.29 is 9.90 Å². The fraction of sp³-hybridized carbons (Fsp3) is 0.947. The Balaban J connectivity index is 1.57. The zero-order chi connectivity index (χ0) is 14.8. The number of Topliss-reactive ketones (excluding diaryl/α,β-unsaturated/α-hetero) is 1. The predicted octanol–water partition coefficient (Wildman–Crippen LogP) is 3.96. The van der Waals surface area contributed by atoms with Crippen LogP contribution in [0.2, 0.25) is 0 Å². The van der Waals surface area contributed by atoms with E-state index in [1.54, 1.807) is 0 Å². The van der Waals surface area contributed by atoms with E-state index < -0.39 is 5.60 Å². The first-order valence-electron chi connectivity index (χ1n) is 9.16. The summed E-state index contributed by atoms with van der Waals surface area (Å²) in [6.07, 6.45) is 10.2. The number of rotatable bonds is 0. The van der Waals surface area contributed by atoms with Crippen molar-refractivity contribution >= 4 is 5.78 Å². The lowest BCUT2D eigenvalue weighted by Gasteiger charge is -2.55. The van der Waals surface area contributed by atoms with Crippen molar-refractivity contribution in [2.45, 2.75) is 77.2 Å². The Labute approximate surface area is 128 Å². The van der Waals surface area contributed by atoms with Gasteiger partial charge in [-0.25, -0.2) is 0 Å². The molecule has 1 unspecified atom stereocenters. The Bertz CT molecular complexity index is 454. The molecule has 0 aromatic heterocycles. The SMILES string of the molecule is CC1(O)CC[C@H]2[C@@H](CC[C@@H]3[C@@H]2CC[C@]2(C)C(=O)CC[C@@H]32)C1. The maximum atomic E-state index is 12.3. The van der Waals surface area contributed by atoms with Gasteiger partial charge < -0.3 is 5.11 Å². The summed E-state index contributed by atoms with van der Waals surface area (Å²) < 4.78 is 0. The average molecular weight is 290 g/mol. The van der Waals surface area contributed by atoms with Gasteiger partial charge in [0.05, 0.1) is 5.60 Å². The maximum Gasteiger partial charge on any atom is 0.139 e. The molecule has 0 heterocycles. The van der Waals surface area contributed by atoms with E-state index in [0.29, 0.717) is 11.7 Å². The van der Waals surface area contributed by atoms with Gasteiger partial charge in [0.15, 0.2) is 0 Å². The maximum absolute atomic E-state index is 12.3. The fourth-order valence-electron chi connectivity index (χ4n) is 6.85. The van der Waals surface area contributed by atoms with Crippen LogP contribution in [0, 0.1) is 35.0 Å². The normalized spacial score (nSPS) is 56.5. The largest absolute Gasteiger partial charge is 0.390 e. The Morgan fingerprint density at radius 3 is 2.52 bits per heavy atom. The van der Waals surface area contributed by atoms with Crippen LogP contribution in [0.3, 0.4) is 0 Å². The van der Waals surface area contributed by atoms with Gasteiger partial charge in [-0.1, -0.05) is 6.92 Å². The minimum atomic E-state index is -0.416. The van der Waals surface area contributed by atoms with Gasteiger partial charge in [-0.2, -0.15) is 0 Å². The quantitative estimate of drug-likeness (QED) is 0.733. The number of carbonyl (C=O) groups is 1. The highest BCUT2D eigenvalue weighted by Gasteiger charge is 2.57. The highest BCUT2D eigenvalue weighted by atomic mass is 16.3. The van der Waals surface area contributed by atoms with E-state index in [2.05, 4.69) is 6.92 Å². The number of ketones is 1. The zero-order valence-corrected chi connectivity index (χ0v) is 13.6. The average Bonchev–Trinajstić information content (AvgIpc) is 2.73. The molecule has 4 aliphatic rings. The molecule has 2 heteroatoms. The molecule has 4 aliphatic carbocycles. The van der Waals surface area contributed by atoms with Crippen molar-refractivity contribution in [1.29, 1.82) is 0 Å². The van der Waals surface area contributed by atoms with Crippen LogP contribution in [-0.4, -0.2) is 16.5 Å². The smallest absolute Gasteiger partial charge is 0.139 e. The highest BCUT2D eigenvalue weighted by Crippen LogP contribution is 2.61. The van der Waals surface area contributed by atoms with Gasteiger partial charge in [-0.15, -0.1) is 0 Å². The molecule has 4 fully saturated rings. The Kier molecular flexibility index (Phi) is 3.10. The van der Waals surface area contributed by atoms with Gasteiger partial charge >= 0.3 is 0 Å². The second-order valence-electron chi connectivity index (χ2n) is 9.09. The van der Waals surface area contributed by atoms with Gasteiger partial charge in [0.1, 0.15) is 5.78 Å². The molecule has 0 amide bonds. The van der Waals surface area contributed by atoms with Crippen molar-refractivity contribution in [2.24, 2.45) is 35.0 Å². The van der Waals surface area contributed by atoms with Crippen LogP contribution in [0.25, 0.3) is 0 Å². The third-order valence-electron chi connectivity index (χ3n) is 7.95. The van der Waals surface area contributed by atoms with Gasteiger partial charge in [0.2, 0.25) is 0 Å². The second-order valence-corrected chi connectivity index (χ2v) is 9.09. The van der Waals surface area contributed by atoms with E-state index >= 15 is 0 Å². The predicted molar refractivity (Wildman–Crippen MR) is 82.7 cm³/mol. The molecule has 0 saturated heterocycles. The van der Waals surface area contributed by atoms with Crippen LogP contribution >= 0.6 is 0 Å². The van der Waals surface area contributed by atoms with E-state index in [9.17, 15) is 9.90 Å². The molecule has 0 spiro atoms. The third kappa shape index (κ3) is 2.04. The number of carbonyl (C=O) groups excluding carboxylic acids is 1. The van der Waals surface area contributed by atoms with Crippen molar-refractivity contribution in [3.63, 3.8) is 0 Å². The summed E-state index contributed by atoms with van der Waals surface area (Å²) in [6, 6.07) is 0. The molecule has 0 radical (unpaired) electrons. The van der Waals surface area contributed by atoms with Gasteiger partial charge in [0.25, 0.3) is 0 Å². The highest BCUT2D eigenvalue weighted by molar-refractivity contribution is 5.87. The summed E-state index contributed by atoms with van der Waals surface area (Å²) in [7, 11) is 0. The van der Waals surface area contributed by atoms with Gasteiger partial charge in [-0.05, 0) is 87.9 Å². The summed E-state index contributed by atoms with van der Waals surface area (Å²) in [5.74, 6) is 4.47. The summed E-state index contributed by atoms with van der Waals surface area (Å²) in [6.45, 7) is 4.30. The van der Waals surface area contributed by atoms with Crippen molar-refractivity contribution in [3.05, 3.63) is 0 Å². The van der Waals surface area contributed by atoms with E-state index in [0.717, 1.165) is 55.8 Å². The van der Waals surface area contributed by atoms with Crippen molar-refractivity contribution in [2.75, 3.05) is 0 Å². The second kappa shape index (κ2) is 4.57. The van der Waals surface area contributed by atoms with E-state index in [-0.39, 0.29) is 5.41 Å². The molecule has 2 nitrogen and oxygen atoms in total. The molecule has 7 atom stereocenters. The van der Waals surface area contributed by atoms with Crippen LogP contribution in [-0.2, 0) is 4.79 Å². The standard InChI is InChI=1S/C19H30O2/c1-18(21)9-7-13-12(11-18)3-4-15-14(13)8-10-19(2)16(15)5-6-17(19)20/h12-16,21H,3-11H2,1-2H3/t12-,13-,14+,15+,16-,18?,19-/m0/s1. The topological polar surface area (TPSA) is 37.3 Å². The number of hydrogen-bond acceptors (Lipinski definition) is 2. The first-order chi connectivity index (χ1) is 9.91. The van der Waals surface area contributed by atoms with Crippen molar-refractivity contribution in [3.8, 4) is 0 Å². The lowest BCUT2D eigenvalue weighted by molar-refractivity contribution is -0.134. The minimum Gasteiger partial charge on any atom is -0.390 e. The number of aliphatic hydroxyl groups is 1. The molecular formula is C19H30O2. The summed E-state index contributed by atoms with van der Waals surface area (Å²) in [5.41, 5.74) is -0.394. The fourth-order valence-corrected chi connectivity index (χ4v) is 6.85. The van der Waals surface area contributed by atoms with Crippen LogP contribution in [0.4, 0.5) is 0 Å². The third-order valence-corrected chi connectivity index (χ3v) is 7.95. The molecule has 0 bridgehead atoms. The van der Waals surface area contributed by atoms with E-state index in [1.165, 1.54) is 25.7 Å². The van der Waals surface area contributed by atoms with Crippen LogP contribution < -0.4 is 0 Å². The van der Waals surface area contributed by atoms with Gasteiger partial charge in [0, 0.05) is 11.8 Å². The zero-order valence-electron chi connectivity index (χ0n) is 13.6. The monoisotopic (exact) mass is 290 g/mol. The van der Waals surface area contributed by atoms with Gasteiger partial charge in [-0.3, -0.25) is 4.79 Å². The van der Waals surface area contributed by atoms with E-state index in [1.807, 2.05) is 6.92 Å². The molecule has 0 aromatic carbocycles. The molecule has 118 valence electrons. The van der Waals surface area contributed by atoms with Crippen molar-refractivity contribution in [1.82, 2.24) is 0 Å². The summed E-state index contributed by atoms with van der Waals surface area (Å²) in [5, 5.41) is 10.4. The molecular weight excluding hydrogens is 260 g/mol. The summed E-state index contributed by atoms with van der Waals surface area (Å²) >= 11 is 0. The van der Waals surface area contributed by atoms with Crippen LogP contribution in [0.1, 0.15) is 71.6 Å². The first-order valence-corrected chi connectivity index (χ1v) is 9.16. The molecule has 1 N–H and O–H groups in total. The molecule has 0 aliphatic heterocycles. The van der Waals surface area contributed by atoms with Crippen LogP contribution in [0.5, 0.6) is 0 Å². The molecule has 4 saturated carbocycles. The van der Waals surface area contributed by atoms with E-state index in [4.69, 9.17) is 0 Å². The minimum absolute atomic E-state index is 0.0220. The Morgan fingerprint density at radius 1 is 0.952 bits per heavy atom. The molecule has 4 rings (SSSR count). The lowest BCUT2D eigenvalue weighted by atomic mass is 9.50. The summed E-state index contributed by atoms with van der Waals surface area (Å²) in [4.78, 5) is 12.3. The molecule has 0 aromatic rings. The number of fused-ring (bicyclic) bond motifs is 5. The molecule has 21 heavy (non-hydrogen) atoms.